The van der Waals surface area contributed by atoms with Crippen LogP contribution in [0, 0.1) is 19.8 Å². The molecule has 0 radical (unpaired) electrons. The maximum Gasteiger partial charge on any atom is 0.228 e. The summed E-state index contributed by atoms with van der Waals surface area (Å²) < 4.78 is 0. The molecular weight excluding hydrogens is 354 g/mol. The van der Waals surface area contributed by atoms with Gasteiger partial charge in [-0.1, -0.05) is 19.1 Å². The molecule has 2 aliphatic rings. The molecule has 3 amide bonds. The molecule has 0 bridgehead atoms. The second-order valence-electron chi connectivity index (χ2n) is 8.07. The summed E-state index contributed by atoms with van der Waals surface area (Å²) in [5.41, 5.74) is 3.13. The first kappa shape index (κ1) is 20.4. The van der Waals surface area contributed by atoms with Crippen LogP contribution in [0.15, 0.2) is 18.2 Å². The Morgan fingerprint density at radius 2 is 2.00 bits per heavy atom. The predicted molar refractivity (Wildman–Crippen MR) is 109 cm³/mol. The number of nitrogens with one attached hydrogen (secondary N) is 1. The minimum atomic E-state index is -0.308. The summed E-state index contributed by atoms with van der Waals surface area (Å²) in [6.45, 7) is 7.71. The molecule has 0 aliphatic carbocycles. The number of hydrogen-bond donors (Lipinski definition) is 1. The first-order valence-corrected chi connectivity index (χ1v) is 10.4. The fraction of sp³-hybridized carbons (Fsp3) is 0.591. The van der Waals surface area contributed by atoms with E-state index < -0.39 is 0 Å². The van der Waals surface area contributed by atoms with Gasteiger partial charge in [0.2, 0.25) is 17.7 Å². The van der Waals surface area contributed by atoms with E-state index in [9.17, 15) is 14.4 Å². The molecule has 2 unspecified atom stereocenters. The Balaban J connectivity index is 1.64. The van der Waals surface area contributed by atoms with E-state index >= 15 is 0 Å². The van der Waals surface area contributed by atoms with Gasteiger partial charge in [0, 0.05) is 44.2 Å². The fourth-order valence-electron chi connectivity index (χ4n) is 4.21. The van der Waals surface area contributed by atoms with Crippen LogP contribution < -0.4 is 10.2 Å². The number of rotatable bonds is 5. The fourth-order valence-corrected chi connectivity index (χ4v) is 4.21. The van der Waals surface area contributed by atoms with Crippen molar-refractivity contribution in [2.45, 2.75) is 58.9 Å². The molecule has 2 fully saturated rings. The summed E-state index contributed by atoms with van der Waals surface area (Å²) in [6.07, 6.45) is 3.38. The SMILES string of the molecule is CCCC(=O)NC1CCCN(C(=O)C2CC(=O)N(c3cccc(C)c3C)C2)C1. The van der Waals surface area contributed by atoms with Crippen LogP contribution in [0.25, 0.3) is 0 Å². The van der Waals surface area contributed by atoms with Gasteiger partial charge in [0.1, 0.15) is 0 Å². The van der Waals surface area contributed by atoms with E-state index in [1.165, 1.54) is 0 Å². The third-order valence-electron chi connectivity index (χ3n) is 5.92. The number of nitrogens with zero attached hydrogens (tertiary/aromatic N) is 2. The molecule has 6 nitrogen and oxygen atoms in total. The topological polar surface area (TPSA) is 69.7 Å². The second-order valence-corrected chi connectivity index (χ2v) is 8.07. The number of anilines is 1. The van der Waals surface area contributed by atoms with Gasteiger partial charge in [-0.15, -0.1) is 0 Å². The lowest BCUT2D eigenvalue weighted by molar-refractivity contribution is -0.137. The highest BCUT2D eigenvalue weighted by atomic mass is 16.2. The highest BCUT2D eigenvalue weighted by Crippen LogP contribution is 2.30. The van der Waals surface area contributed by atoms with Gasteiger partial charge in [-0.3, -0.25) is 14.4 Å². The Morgan fingerprint density at radius 3 is 2.75 bits per heavy atom. The molecule has 2 heterocycles. The van der Waals surface area contributed by atoms with E-state index in [4.69, 9.17) is 0 Å². The summed E-state index contributed by atoms with van der Waals surface area (Å²) in [6, 6.07) is 5.95. The maximum absolute atomic E-state index is 13.1. The van der Waals surface area contributed by atoms with Crippen LogP contribution in [0.2, 0.25) is 0 Å². The monoisotopic (exact) mass is 385 g/mol. The van der Waals surface area contributed by atoms with Crippen molar-refractivity contribution in [3.63, 3.8) is 0 Å². The van der Waals surface area contributed by atoms with Gasteiger partial charge in [0.15, 0.2) is 0 Å². The smallest absolute Gasteiger partial charge is 0.228 e. The van der Waals surface area contributed by atoms with Crippen LogP contribution >= 0.6 is 0 Å². The van der Waals surface area contributed by atoms with Gasteiger partial charge >= 0.3 is 0 Å². The molecule has 152 valence electrons. The maximum atomic E-state index is 13.1. The van der Waals surface area contributed by atoms with Crippen molar-refractivity contribution in [2.24, 2.45) is 5.92 Å². The Bertz CT molecular complexity index is 761. The van der Waals surface area contributed by atoms with Crippen LogP contribution in [-0.2, 0) is 14.4 Å². The van der Waals surface area contributed by atoms with E-state index in [2.05, 4.69) is 5.32 Å². The zero-order valence-corrected chi connectivity index (χ0v) is 17.2. The largest absolute Gasteiger partial charge is 0.352 e. The van der Waals surface area contributed by atoms with Crippen molar-refractivity contribution in [1.82, 2.24) is 10.2 Å². The highest BCUT2D eigenvalue weighted by molar-refractivity contribution is 6.01. The van der Waals surface area contributed by atoms with Gasteiger partial charge < -0.3 is 15.1 Å². The standard InChI is InChI=1S/C22H31N3O3/c1-4-7-20(26)23-18-9-6-11-24(14-18)22(28)17-12-21(27)25(13-17)19-10-5-8-15(2)16(19)3/h5,8,10,17-18H,4,6-7,9,11-14H2,1-3H3,(H,23,26). The Hall–Kier alpha value is -2.37. The Labute approximate surface area is 167 Å². The average molecular weight is 386 g/mol. The number of carbonyl (C=O) groups excluding carboxylic acids is 3. The molecule has 1 aromatic carbocycles. The molecule has 0 spiro atoms. The van der Waals surface area contributed by atoms with Gasteiger partial charge in [0.05, 0.1) is 5.92 Å². The molecule has 2 saturated heterocycles. The molecule has 1 N–H and O–H groups in total. The lowest BCUT2D eigenvalue weighted by atomic mass is 10.0. The second kappa shape index (κ2) is 8.76. The quantitative estimate of drug-likeness (QED) is 0.847. The van der Waals surface area contributed by atoms with Crippen molar-refractivity contribution in [1.29, 1.82) is 0 Å². The van der Waals surface area contributed by atoms with Crippen molar-refractivity contribution in [3.05, 3.63) is 29.3 Å². The Morgan fingerprint density at radius 1 is 1.21 bits per heavy atom. The van der Waals surface area contributed by atoms with E-state index in [1.54, 1.807) is 4.90 Å². The van der Waals surface area contributed by atoms with E-state index in [-0.39, 0.29) is 36.1 Å². The lowest BCUT2D eigenvalue weighted by Crippen LogP contribution is -2.51. The van der Waals surface area contributed by atoms with E-state index in [0.29, 0.717) is 26.1 Å². The summed E-state index contributed by atoms with van der Waals surface area (Å²) in [5, 5.41) is 3.04. The minimum Gasteiger partial charge on any atom is -0.352 e. The molecule has 3 rings (SSSR count). The third-order valence-corrected chi connectivity index (χ3v) is 5.92. The number of carbonyl (C=O) groups is 3. The van der Waals surface area contributed by atoms with Crippen LogP contribution in [0.3, 0.4) is 0 Å². The average Bonchev–Trinajstić information content (AvgIpc) is 3.05. The molecular formula is C22H31N3O3. The molecule has 0 aromatic heterocycles. The summed E-state index contributed by atoms with van der Waals surface area (Å²) >= 11 is 0. The van der Waals surface area contributed by atoms with Crippen molar-refractivity contribution < 1.29 is 14.4 Å². The first-order valence-electron chi connectivity index (χ1n) is 10.4. The van der Waals surface area contributed by atoms with Gasteiger partial charge in [-0.2, -0.15) is 0 Å². The zero-order valence-electron chi connectivity index (χ0n) is 17.2. The van der Waals surface area contributed by atoms with E-state index in [1.807, 2.05) is 43.9 Å². The number of benzene rings is 1. The molecule has 2 aliphatic heterocycles. The molecule has 28 heavy (non-hydrogen) atoms. The number of likely N-dealkylation sites (tertiary alicyclic amines) is 1. The molecule has 1 aromatic rings. The zero-order chi connectivity index (χ0) is 20.3. The summed E-state index contributed by atoms with van der Waals surface area (Å²) in [5.74, 6) is -0.205. The Kier molecular flexibility index (Phi) is 6.37. The highest BCUT2D eigenvalue weighted by Gasteiger charge is 2.38. The van der Waals surface area contributed by atoms with Gasteiger partial charge in [0.25, 0.3) is 0 Å². The predicted octanol–water partition coefficient (Wildman–Crippen LogP) is 2.56. The molecule has 2 atom stereocenters. The number of aryl methyl sites for hydroxylation is 1. The van der Waals surface area contributed by atoms with Gasteiger partial charge in [-0.25, -0.2) is 0 Å². The van der Waals surface area contributed by atoms with E-state index in [0.717, 1.165) is 36.1 Å². The van der Waals surface area contributed by atoms with Crippen molar-refractivity contribution in [3.8, 4) is 0 Å². The molecule has 6 heteroatoms. The first-order chi connectivity index (χ1) is 13.4. The van der Waals surface area contributed by atoms with Crippen LogP contribution in [0.1, 0.15) is 50.2 Å². The minimum absolute atomic E-state index is 0.0110. The normalized spacial score (nSPS) is 22.5. The van der Waals surface area contributed by atoms with Gasteiger partial charge in [-0.05, 0) is 50.3 Å². The molecule has 0 saturated carbocycles. The number of hydrogen-bond acceptors (Lipinski definition) is 3. The number of amides is 3. The third kappa shape index (κ3) is 4.37. The summed E-state index contributed by atoms with van der Waals surface area (Å²) in [7, 11) is 0. The lowest BCUT2D eigenvalue weighted by Gasteiger charge is -2.34. The summed E-state index contributed by atoms with van der Waals surface area (Å²) in [4.78, 5) is 41.2. The van der Waals surface area contributed by atoms with Crippen molar-refractivity contribution in [2.75, 3.05) is 24.5 Å². The van der Waals surface area contributed by atoms with Crippen molar-refractivity contribution >= 4 is 23.4 Å². The van der Waals surface area contributed by atoms with Crippen LogP contribution in [-0.4, -0.2) is 48.3 Å². The number of piperidine rings is 1. The van der Waals surface area contributed by atoms with Crippen LogP contribution in [0.5, 0.6) is 0 Å². The van der Waals surface area contributed by atoms with Crippen LogP contribution in [0.4, 0.5) is 5.69 Å².